The molecule has 0 aliphatic carbocycles. The van der Waals surface area contributed by atoms with Gasteiger partial charge in [-0.2, -0.15) is 0 Å². The van der Waals surface area contributed by atoms with Crippen molar-refractivity contribution in [3.8, 4) is 11.3 Å². The maximum absolute atomic E-state index is 13.4. The highest BCUT2D eigenvalue weighted by Gasteiger charge is 2.16. The molecule has 3 heterocycles. The third-order valence-corrected chi connectivity index (χ3v) is 6.51. The summed E-state index contributed by atoms with van der Waals surface area (Å²) in [5.74, 6) is 0.556. The highest BCUT2D eigenvalue weighted by atomic mass is 16.3. The van der Waals surface area contributed by atoms with Crippen LogP contribution in [0.5, 0.6) is 0 Å². The number of pyridine rings is 2. The van der Waals surface area contributed by atoms with Crippen LogP contribution >= 0.6 is 0 Å². The molecule has 0 atom stereocenters. The molecule has 3 aromatic rings. The van der Waals surface area contributed by atoms with Gasteiger partial charge in [-0.3, -0.25) is 9.59 Å². The maximum atomic E-state index is 13.4. The van der Waals surface area contributed by atoms with E-state index < -0.39 is 0 Å². The highest BCUT2D eigenvalue weighted by Crippen LogP contribution is 2.22. The maximum Gasteiger partial charge on any atom is 0.262 e. The van der Waals surface area contributed by atoms with E-state index >= 15 is 0 Å². The first-order chi connectivity index (χ1) is 16.2. The molecule has 5 heteroatoms. The summed E-state index contributed by atoms with van der Waals surface area (Å²) in [7, 11) is 0. The second kappa shape index (κ2) is 13.2. The first-order valence-corrected chi connectivity index (χ1v) is 13.0. The summed E-state index contributed by atoms with van der Waals surface area (Å²) in [5.41, 5.74) is 2.14. The standard InChI is InChI=1S/C28H40N2O3/c1-3-5-7-9-11-13-19-29-25-22-23(26-16-15-21-33-26)28(32)30(24(25)17-18-27(29)31)20-14-12-10-8-6-4-2/h15-18,21-22H,3-14,19-20H2,1-2H3. The molecule has 0 saturated heterocycles. The van der Waals surface area contributed by atoms with Gasteiger partial charge in [-0.25, -0.2) is 0 Å². The molecular formula is C28H40N2O3. The molecular weight excluding hydrogens is 412 g/mol. The van der Waals surface area contributed by atoms with Crippen molar-refractivity contribution in [3.05, 3.63) is 57.3 Å². The van der Waals surface area contributed by atoms with Gasteiger partial charge >= 0.3 is 0 Å². The molecule has 0 aliphatic rings. The molecule has 0 spiro atoms. The van der Waals surface area contributed by atoms with Crippen LogP contribution in [0.3, 0.4) is 0 Å². The molecule has 0 unspecified atom stereocenters. The second-order valence-electron chi connectivity index (χ2n) is 9.12. The minimum atomic E-state index is -0.0456. The molecule has 0 N–H and O–H groups in total. The second-order valence-corrected chi connectivity index (χ2v) is 9.12. The van der Waals surface area contributed by atoms with Gasteiger partial charge < -0.3 is 13.6 Å². The number of furan rings is 1. The first kappa shape index (κ1) is 25.1. The van der Waals surface area contributed by atoms with Crippen LogP contribution in [-0.2, 0) is 13.1 Å². The quantitative estimate of drug-likeness (QED) is 0.230. The van der Waals surface area contributed by atoms with Crippen molar-refractivity contribution in [2.75, 3.05) is 0 Å². The number of aromatic nitrogens is 2. The average molecular weight is 453 g/mol. The predicted molar refractivity (Wildman–Crippen MR) is 137 cm³/mol. The van der Waals surface area contributed by atoms with E-state index in [2.05, 4.69) is 13.8 Å². The van der Waals surface area contributed by atoms with Crippen LogP contribution in [0.4, 0.5) is 0 Å². The van der Waals surface area contributed by atoms with E-state index in [1.54, 1.807) is 18.4 Å². The smallest absolute Gasteiger partial charge is 0.262 e. The topological polar surface area (TPSA) is 57.1 Å². The lowest BCUT2D eigenvalue weighted by molar-refractivity contribution is 0.548. The lowest BCUT2D eigenvalue weighted by Gasteiger charge is -2.16. The van der Waals surface area contributed by atoms with Gasteiger partial charge in [-0.1, -0.05) is 78.1 Å². The van der Waals surface area contributed by atoms with E-state index in [1.807, 2.05) is 27.3 Å². The molecule has 3 rings (SSSR count). The van der Waals surface area contributed by atoms with Crippen LogP contribution in [0.2, 0.25) is 0 Å². The molecule has 0 aliphatic heterocycles. The Hall–Kier alpha value is -2.56. The van der Waals surface area contributed by atoms with E-state index in [0.29, 0.717) is 24.4 Å². The Labute approximate surface area is 197 Å². The van der Waals surface area contributed by atoms with Crippen molar-refractivity contribution in [2.24, 2.45) is 0 Å². The molecule has 33 heavy (non-hydrogen) atoms. The van der Waals surface area contributed by atoms with E-state index in [0.717, 1.165) is 36.7 Å². The van der Waals surface area contributed by atoms with Crippen molar-refractivity contribution >= 4 is 11.0 Å². The summed E-state index contributed by atoms with van der Waals surface area (Å²) in [6.45, 7) is 5.77. The van der Waals surface area contributed by atoms with Crippen molar-refractivity contribution in [1.82, 2.24) is 9.13 Å². The van der Waals surface area contributed by atoms with Crippen molar-refractivity contribution < 1.29 is 4.42 Å². The Kier molecular flexibility index (Phi) is 10.0. The number of hydrogen-bond acceptors (Lipinski definition) is 3. The fourth-order valence-electron chi connectivity index (χ4n) is 4.58. The van der Waals surface area contributed by atoms with Crippen LogP contribution in [-0.4, -0.2) is 9.13 Å². The minimum absolute atomic E-state index is 0.00813. The molecule has 0 amide bonds. The molecule has 0 aromatic carbocycles. The van der Waals surface area contributed by atoms with Gasteiger partial charge in [0, 0.05) is 19.2 Å². The van der Waals surface area contributed by atoms with Gasteiger partial charge in [0.2, 0.25) is 0 Å². The van der Waals surface area contributed by atoms with E-state index in [9.17, 15) is 9.59 Å². The van der Waals surface area contributed by atoms with E-state index in [4.69, 9.17) is 4.42 Å². The zero-order chi connectivity index (χ0) is 23.5. The number of unbranched alkanes of at least 4 members (excludes halogenated alkanes) is 10. The summed E-state index contributed by atoms with van der Waals surface area (Å²) in [6.07, 6.45) is 15.6. The minimum Gasteiger partial charge on any atom is -0.464 e. The van der Waals surface area contributed by atoms with E-state index in [1.165, 1.54) is 51.4 Å². The molecule has 180 valence electrons. The van der Waals surface area contributed by atoms with Crippen LogP contribution in [0.15, 0.2) is 50.6 Å². The van der Waals surface area contributed by atoms with Crippen molar-refractivity contribution in [1.29, 1.82) is 0 Å². The van der Waals surface area contributed by atoms with Gasteiger partial charge in [-0.15, -0.1) is 0 Å². The fourth-order valence-corrected chi connectivity index (χ4v) is 4.58. The molecule has 0 saturated carbocycles. The predicted octanol–water partition coefficient (Wildman–Crippen LogP) is 7.14. The first-order valence-electron chi connectivity index (χ1n) is 13.0. The van der Waals surface area contributed by atoms with Gasteiger partial charge in [0.05, 0.1) is 22.9 Å². The van der Waals surface area contributed by atoms with Crippen LogP contribution in [0, 0.1) is 0 Å². The number of rotatable bonds is 15. The Morgan fingerprint density at radius 1 is 0.697 bits per heavy atom. The Morgan fingerprint density at radius 2 is 1.30 bits per heavy atom. The monoisotopic (exact) mass is 452 g/mol. The largest absolute Gasteiger partial charge is 0.464 e. The van der Waals surface area contributed by atoms with Gasteiger partial charge in [-0.05, 0) is 37.1 Å². The average Bonchev–Trinajstić information content (AvgIpc) is 3.35. The van der Waals surface area contributed by atoms with Gasteiger partial charge in [0.15, 0.2) is 0 Å². The van der Waals surface area contributed by atoms with Crippen molar-refractivity contribution in [3.63, 3.8) is 0 Å². The normalized spacial score (nSPS) is 11.5. The number of aryl methyl sites for hydroxylation is 2. The lowest BCUT2D eigenvalue weighted by Crippen LogP contribution is -2.27. The zero-order valence-corrected chi connectivity index (χ0v) is 20.5. The van der Waals surface area contributed by atoms with Crippen LogP contribution < -0.4 is 11.1 Å². The summed E-state index contributed by atoms with van der Waals surface area (Å²) < 4.78 is 9.28. The lowest BCUT2D eigenvalue weighted by atomic mass is 10.1. The fraction of sp³-hybridized carbons (Fsp3) is 0.571. The number of fused-ring (bicyclic) bond motifs is 1. The van der Waals surface area contributed by atoms with Crippen molar-refractivity contribution in [2.45, 2.75) is 104 Å². The third kappa shape index (κ3) is 6.72. The summed E-state index contributed by atoms with van der Waals surface area (Å²) in [4.78, 5) is 26.2. The molecule has 0 fully saturated rings. The molecule has 0 radical (unpaired) electrons. The molecule has 5 nitrogen and oxygen atoms in total. The Morgan fingerprint density at radius 3 is 1.91 bits per heavy atom. The van der Waals surface area contributed by atoms with Crippen LogP contribution in [0.1, 0.15) is 90.9 Å². The third-order valence-electron chi connectivity index (χ3n) is 6.51. The number of nitrogens with zero attached hydrogens (tertiary/aromatic N) is 2. The van der Waals surface area contributed by atoms with Crippen LogP contribution in [0.25, 0.3) is 22.4 Å². The Balaban J connectivity index is 1.90. The van der Waals surface area contributed by atoms with Gasteiger partial charge in [0.1, 0.15) is 5.76 Å². The highest BCUT2D eigenvalue weighted by molar-refractivity contribution is 5.80. The summed E-state index contributed by atoms with van der Waals surface area (Å²) in [5, 5.41) is 0. The SMILES string of the molecule is CCCCCCCCn1c(=O)ccc2c1cc(-c1ccco1)c(=O)n2CCCCCCCC. The van der Waals surface area contributed by atoms with Gasteiger partial charge in [0.25, 0.3) is 11.1 Å². The van der Waals surface area contributed by atoms with E-state index in [-0.39, 0.29) is 11.1 Å². The molecule has 0 bridgehead atoms. The number of hydrogen-bond donors (Lipinski definition) is 0. The molecule has 3 aromatic heterocycles. The summed E-state index contributed by atoms with van der Waals surface area (Å²) >= 11 is 0. The summed E-state index contributed by atoms with van der Waals surface area (Å²) in [6, 6.07) is 8.90. The zero-order valence-electron chi connectivity index (χ0n) is 20.5. The Bertz CT molecular complexity index is 1090.